The zero-order valence-corrected chi connectivity index (χ0v) is 6.37. The summed E-state index contributed by atoms with van der Waals surface area (Å²) in [7, 11) is 3.01. The van der Waals surface area contributed by atoms with Crippen LogP contribution >= 0.6 is 0 Å². The maximum atomic E-state index is 4.88. The van der Waals surface area contributed by atoms with Gasteiger partial charge in [0.1, 0.15) is 0 Å². The van der Waals surface area contributed by atoms with Gasteiger partial charge in [0.15, 0.2) is 0 Å². The molecular weight excluding hydrogens is 146 g/mol. The molecule has 0 aromatic carbocycles. The molecule has 1 heterocycles. The first-order valence-electron chi connectivity index (χ1n) is 3.02. The zero-order chi connectivity index (χ0) is 8.10. The van der Waals surface area contributed by atoms with E-state index in [-0.39, 0.29) is 0 Å². The summed E-state index contributed by atoms with van der Waals surface area (Å²) < 4.78 is 4.88. The van der Waals surface area contributed by atoms with Crippen molar-refractivity contribution >= 4 is 5.82 Å². The Kier molecular flexibility index (Phi) is 2.62. The number of anilines is 1. The Morgan fingerprint density at radius 3 is 2.64 bits per heavy atom. The lowest BCUT2D eigenvalue weighted by molar-refractivity contribution is 0.265. The fourth-order valence-electron chi connectivity index (χ4n) is 0.641. The van der Waals surface area contributed by atoms with Gasteiger partial charge in [-0.15, -0.1) is 0 Å². The molecule has 1 aromatic rings. The van der Waals surface area contributed by atoms with Gasteiger partial charge in [-0.1, -0.05) is 0 Å². The van der Waals surface area contributed by atoms with E-state index in [1.165, 1.54) is 14.2 Å². The Morgan fingerprint density at radius 2 is 2.00 bits per heavy atom. The lowest BCUT2D eigenvalue weighted by atomic mass is 10.6. The molecule has 5 heteroatoms. The van der Waals surface area contributed by atoms with E-state index in [2.05, 4.69) is 20.3 Å². The third kappa shape index (κ3) is 1.78. The number of nitrogens with one attached hydrogen (secondary N) is 1. The van der Waals surface area contributed by atoms with Crippen molar-refractivity contribution in [3.05, 3.63) is 12.4 Å². The van der Waals surface area contributed by atoms with Crippen molar-refractivity contribution in [1.82, 2.24) is 9.97 Å². The second kappa shape index (κ2) is 3.72. The molecule has 1 aromatic heterocycles. The van der Waals surface area contributed by atoms with Crippen molar-refractivity contribution in [3.8, 4) is 5.88 Å². The number of ether oxygens (including phenoxy) is 1. The van der Waals surface area contributed by atoms with Crippen molar-refractivity contribution in [2.45, 2.75) is 0 Å². The van der Waals surface area contributed by atoms with Crippen molar-refractivity contribution in [2.75, 3.05) is 19.7 Å². The zero-order valence-electron chi connectivity index (χ0n) is 6.37. The van der Waals surface area contributed by atoms with E-state index in [4.69, 9.17) is 4.74 Å². The first kappa shape index (κ1) is 7.74. The lowest BCUT2D eigenvalue weighted by Crippen LogP contribution is -2.01. The van der Waals surface area contributed by atoms with Crippen LogP contribution in [0.15, 0.2) is 12.4 Å². The van der Waals surface area contributed by atoms with Gasteiger partial charge in [0.05, 0.1) is 14.2 Å². The van der Waals surface area contributed by atoms with Crippen LogP contribution < -0.4 is 10.2 Å². The molecule has 11 heavy (non-hydrogen) atoms. The Hall–Kier alpha value is -1.36. The Labute approximate surface area is 64.3 Å². The molecule has 1 rings (SSSR count). The van der Waals surface area contributed by atoms with Gasteiger partial charge in [0.25, 0.3) is 5.88 Å². The van der Waals surface area contributed by atoms with Crippen LogP contribution in [0.5, 0.6) is 5.88 Å². The summed E-state index contributed by atoms with van der Waals surface area (Å²) >= 11 is 0. The monoisotopic (exact) mass is 155 g/mol. The lowest BCUT2D eigenvalue weighted by Gasteiger charge is -2.04. The van der Waals surface area contributed by atoms with E-state index >= 15 is 0 Å². The molecule has 60 valence electrons. The van der Waals surface area contributed by atoms with Gasteiger partial charge in [0.2, 0.25) is 5.82 Å². The molecule has 0 radical (unpaired) electrons. The molecular formula is C6H9N3O2. The number of methoxy groups -OCH3 is 1. The van der Waals surface area contributed by atoms with Crippen LogP contribution in [0.1, 0.15) is 0 Å². The third-order valence-corrected chi connectivity index (χ3v) is 1.06. The second-order valence-electron chi connectivity index (χ2n) is 1.72. The van der Waals surface area contributed by atoms with Crippen LogP contribution in [0.3, 0.4) is 0 Å². The number of hydrogen-bond acceptors (Lipinski definition) is 5. The molecule has 0 saturated carbocycles. The Bertz CT molecular complexity index is 229. The van der Waals surface area contributed by atoms with E-state index in [1.54, 1.807) is 12.4 Å². The highest BCUT2D eigenvalue weighted by molar-refractivity contribution is 5.42. The molecule has 0 saturated heterocycles. The van der Waals surface area contributed by atoms with E-state index in [9.17, 15) is 0 Å². The molecule has 0 fully saturated rings. The maximum absolute atomic E-state index is 4.88. The van der Waals surface area contributed by atoms with E-state index in [0.29, 0.717) is 11.7 Å². The molecule has 0 aliphatic heterocycles. The molecule has 0 unspecified atom stereocenters. The topological polar surface area (TPSA) is 56.3 Å². The van der Waals surface area contributed by atoms with Crippen molar-refractivity contribution in [1.29, 1.82) is 0 Å². The summed E-state index contributed by atoms with van der Waals surface area (Å²) in [6.07, 6.45) is 3.09. The Balaban J connectivity index is 2.83. The quantitative estimate of drug-likeness (QED) is 0.642. The van der Waals surface area contributed by atoms with Crippen LogP contribution in [0.2, 0.25) is 0 Å². The maximum Gasteiger partial charge on any atom is 0.259 e. The molecule has 0 spiro atoms. The fourth-order valence-corrected chi connectivity index (χ4v) is 0.641. The molecule has 5 nitrogen and oxygen atoms in total. The summed E-state index contributed by atoms with van der Waals surface area (Å²) in [6.45, 7) is 0. The molecule has 0 bridgehead atoms. The van der Waals surface area contributed by atoms with Crippen LogP contribution in [-0.2, 0) is 4.84 Å². The first-order chi connectivity index (χ1) is 5.38. The smallest absolute Gasteiger partial charge is 0.259 e. The number of hydrogen-bond donors (Lipinski definition) is 1. The summed E-state index contributed by atoms with van der Waals surface area (Å²) in [5.41, 5.74) is 2.53. The average molecular weight is 155 g/mol. The van der Waals surface area contributed by atoms with E-state index in [0.717, 1.165) is 0 Å². The summed E-state index contributed by atoms with van der Waals surface area (Å²) in [4.78, 5) is 12.4. The minimum absolute atomic E-state index is 0.411. The van der Waals surface area contributed by atoms with Crippen molar-refractivity contribution < 1.29 is 9.57 Å². The van der Waals surface area contributed by atoms with Crippen molar-refractivity contribution in [3.63, 3.8) is 0 Å². The Morgan fingerprint density at radius 1 is 1.27 bits per heavy atom. The molecule has 0 atom stereocenters. The predicted octanol–water partition coefficient (Wildman–Crippen LogP) is 0.458. The number of nitrogens with zero attached hydrogens (tertiary/aromatic N) is 2. The normalized spacial score (nSPS) is 9.27. The molecule has 0 aliphatic rings. The minimum atomic E-state index is 0.411. The van der Waals surface area contributed by atoms with Gasteiger partial charge in [-0.05, 0) is 0 Å². The highest BCUT2D eigenvalue weighted by atomic mass is 16.6. The van der Waals surface area contributed by atoms with Crippen LogP contribution in [0.4, 0.5) is 5.82 Å². The third-order valence-electron chi connectivity index (χ3n) is 1.06. The largest absolute Gasteiger partial charge is 0.478 e. The highest BCUT2D eigenvalue weighted by Gasteiger charge is 2.01. The molecule has 0 aliphatic carbocycles. The second-order valence-corrected chi connectivity index (χ2v) is 1.72. The van der Waals surface area contributed by atoms with Gasteiger partial charge >= 0.3 is 0 Å². The van der Waals surface area contributed by atoms with Crippen molar-refractivity contribution in [2.24, 2.45) is 0 Å². The van der Waals surface area contributed by atoms with Crippen LogP contribution in [0, 0.1) is 0 Å². The van der Waals surface area contributed by atoms with Gasteiger partial charge in [-0.2, -0.15) is 0 Å². The summed E-state index contributed by atoms with van der Waals surface area (Å²) in [5.74, 6) is 0.881. The van der Waals surface area contributed by atoms with Gasteiger partial charge in [-0.25, -0.2) is 15.4 Å². The highest BCUT2D eigenvalue weighted by Crippen LogP contribution is 2.15. The van der Waals surface area contributed by atoms with Gasteiger partial charge < -0.3 is 4.74 Å². The SMILES string of the molecule is CONc1nccnc1OC. The summed E-state index contributed by atoms with van der Waals surface area (Å²) in [5, 5.41) is 0. The van der Waals surface area contributed by atoms with Gasteiger partial charge in [-0.3, -0.25) is 4.84 Å². The van der Waals surface area contributed by atoms with E-state index in [1.807, 2.05) is 0 Å². The van der Waals surface area contributed by atoms with Crippen LogP contribution in [-0.4, -0.2) is 24.2 Å². The number of rotatable bonds is 3. The average Bonchev–Trinajstić information content (AvgIpc) is 2.06. The fraction of sp³-hybridized carbons (Fsp3) is 0.333. The summed E-state index contributed by atoms with van der Waals surface area (Å²) in [6, 6.07) is 0. The van der Waals surface area contributed by atoms with Gasteiger partial charge in [0, 0.05) is 12.4 Å². The minimum Gasteiger partial charge on any atom is -0.478 e. The van der Waals surface area contributed by atoms with Crippen LogP contribution in [0.25, 0.3) is 0 Å². The molecule has 0 amide bonds. The molecule has 1 N–H and O–H groups in total. The standard InChI is InChI=1S/C6H9N3O2/c1-10-6-5(9-11-2)7-3-4-8-6/h3-4H,1-2H3,(H,7,9). The van der Waals surface area contributed by atoms with E-state index < -0.39 is 0 Å². The predicted molar refractivity (Wildman–Crippen MR) is 39.2 cm³/mol. The number of aromatic nitrogens is 2. The first-order valence-corrected chi connectivity index (χ1v) is 3.02.